The van der Waals surface area contributed by atoms with E-state index < -0.39 is 10.8 Å². The Labute approximate surface area is 130 Å². The molecule has 3 heterocycles. The second kappa shape index (κ2) is 6.13. The molecule has 1 saturated heterocycles. The summed E-state index contributed by atoms with van der Waals surface area (Å²) in [6.07, 6.45) is 6.29. The largest absolute Gasteiger partial charge is 0.381 e. The average molecular weight is 322 g/mol. The summed E-state index contributed by atoms with van der Waals surface area (Å²) in [4.78, 5) is 21.2. The molecule has 22 heavy (non-hydrogen) atoms. The van der Waals surface area contributed by atoms with Crippen molar-refractivity contribution in [1.82, 2.24) is 19.1 Å². The van der Waals surface area contributed by atoms with Gasteiger partial charge in [0.05, 0.1) is 17.0 Å². The number of aromatic nitrogens is 4. The minimum atomic E-state index is -1.29. The maximum atomic E-state index is 12.8. The van der Waals surface area contributed by atoms with Gasteiger partial charge in [0.1, 0.15) is 5.52 Å². The molecule has 2 aromatic rings. The molecule has 0 amide bonds. The molecule has 0 N–H and O–H groups in total. The first-order valence-corrected chi connectivity index (χ1v) is 8.69. The highest BCUT2D eigenvalue weighted by molar-refractivity contribution is 7.84. The molecular weight excluding hydrogens is 304 g/mol. The normalized spacial score (nSPS) is 17.7. The van der Waals surface area contributed by atoms with Crippen molar-refractivity contribution < 1.29 is 8.95 Å². The number of fused-ring (bicyclic) bond motifs is 1. The van der Waals surface area contributed by atoms with Crippen molar-refractivity contribution in [3.05, 3.63) is 29.3 Å². The molecule has 0 radical (unpaired) electrons. The van der Waals surface area contributed by atoms with Crippen LogP contribution in [-0.2, 0) is 22.1 Å². The third kappa shape index (κ3) is 2.52. The van der Waals surface area contributed by atoms with Crippen LogP contribution in [0.1, 0.15) is 18.9 Å². The van der Waals surface area contributed by atoms with E-state index in [9.17, 15) is 9.00 Å². The lowest BCUT2D eigenvalue weighted by Crippen LogP contribution is -2.30. The van der Waals surface area contributed by atoms with Crippen molar-refractivity contribution >= 4 is 22.0 Å². The van der Waals surface area contributed by atoms with E-state index in [-0.39, 0.29) is 16.9 Å². The van der Waals surface area contributed by atoms with E-state index in [1.807, 2.05) is 0 Å². The Morgan fingerprint density at radius 3 is 2.86 bits per heavy atom. The van der Waals surface area contributed by atoms with Gasteiger partial charge in [0, 0.05) is 32.1 Å². The first-order chi connectivity index (χ1) is 10.6. The first-order valence-electron chi connectivity index (χ1n) is 7.13. The van der Waals surface area contributed by atoms with Gasteiger partial charge in [0.25, 0.3) is 0 Å². The first kappa shape index (κ1) is 15.1. The Morgan fingerprint density at radius 1 is 1.50 bits per heavy atom. The van der Waals surface area contributed by atoms with Crippen LogP contribution < -0.4 is 5.69 Å². The molecule has 2 aromatic heterocycles. The Morgan fingerprint density at radius 2 is 2.23 bits per heavy atom. The minimum absolute atomic E-state index is 0.0443. The molecule has 1 fully saturated rings. The van der Waals surface area contributed by atoms with Crippen molar-refractivity contribution in [3.8, 4) is 0 Å². The monoisotopic (exact) mass is 322 g/mol. The summed E-state index contributed by atoms with van der Waals surface area (Å²) in [6, 6.07) is 0.0443. The van der Waals surface area contributed by atoms with Gasteiger partial charge < -0.3 is 4.74 Å². The van der Waals surface area contributed by atoms with Crippen LogP contribution in [0.2, 0.25) is 0 Å². The molecule has 0 bridgehead atoms. The number of allylic oxidation sites excluding steroid dienone is 1. The summed E-state index contributed by atoms with van der Waals surface area (Å²) in [5.41, 5.74) is 1.06. The van der Waals surface area contributed by atoms with Crippen molar-refractivity contribution in [1.29, 1.82) is 0 Å². The fourth-order valence-corrected chi connectivity index (χ4v) is 3.17. The van der Waals surface area contributed by atoms with Gasteiger partial charge >= 0.3 is 5.69 Å². The van der Waals surface area contributed by atoms with Crippen molar-refractivity contribution in [3.63, 3.8) is 0 Å². The zero-order chi connectivity index (χ0) is 15.7. The van der Waals surface area contributed by atoms with Crippen LogP contribution in [0.15, 0.2) is 28.8 Å². The maximum absolute atomic E-state index is 12.8. The van der Waals surface area contributed by atoms with Crippen LogP contribution in [0.25, 0.3) is 11.2 Å². The Balaban J connectivity index is 2.24. The van der Waals surface area contributed by atoms with E-state index in [2.05, 4.69) is 16.5 Å². The predicted molar refractivity (Wildman–Crippen MR) is 83.4 cm³/mol. The van der Waals surface area contributed by atoms with Gasteiger partial charge in [-0.3, -0.25) is 13.3 Å². The van der Waals surface area contributed by atoms with Crippen LogP contribution in [0.5, 0.6) is 0 Å². The number of nitrogens with zero attached hydrogens (tertiary/aromatic N) is 4. The SMILES string of the molecule is C=CCn1c(=O)n(C2CCOCC2)c2nc(S(C)=O)ncc21. The standard InChI is InChI=1S/C14H18N4O3S/c1-3-6-17-11-9-15-13(22(2)20)16-12(11)18(14(17)19)10-4-7-21-8-5-10/h3,9-10H,1,4-8H2,2H3. The van der Waals surface area contributed by atoms with Gasteiger partial charge in [0.2, 0.25) is 5.16 Å². The number of ether oxygens (including phenoxy) is 1. The lowest BCUT2D eigenvalue weighted by Gasteiger charge is -2.22. The van der Waals surface area contributed by atoms with Crippen LogP contribution in [-0.4, -0.2) is 42.8 Å². The number of hydrogen-bond acceptors (Lipinski definition) is 5. The van der Waals surface area contributed by atoms with Gasteiger partial charge in [-0.15, -0.1) is 6.58 Å². The molecule has 0 spiro atoms. The van der Waals surface area contributed by atoms with Gasteiger partial charge in [-0.05, 0) is 12.8 Å². The highest BCUT2D eigenvalue weighted by Gasteiger charge is 2.24. The predicted octanol–water partition coefficient (Wildman–Crippen LogP) is 0.868. The molecule has 1 aliphatic rings. The Bertz CT molecular complexity index is 789. The molecule has 1 aliphatic heterocycles. The summed E-state index contributed by atoms with van der Waals surface area (Å²) >= 11 is 0. The molecule has 0 aliphatic carbocycles. The smallest absolute Gasteiger partial charge is 0.330 e. The van der Waals surface area contributed by atoms with Crippen molar-refractivity contribution in [2.45, 2.75) is 30.6 Å². The van der Waals surface area contributed by atoms with Gasteiger partial charge in [-0.25, -0.2) is 14.8 Å². The zero-order valence-corrected chi connectivity index (χ0v) is 13.2. The van der Waals surface area contributed by atoms with Crippen LogP contribution in [0.4, 0.5) is 0 Å². The van der Waals surface area contributed by atoms with Crippen LogP contribution in [0, 0.1) is 0 Å². The lowest BCUT2D eigenvalue weighted by atomic mass is 10.1. The second-order valence-corrected chi connectivity index (χ2v) is 6.48. The van der Waals surface area contributed by atoms with E-state index in [1.165, 1.54) is 6.26 Å². The molecule has 1 atom stereocenters. The number of hydrogen-bond donors (Lipinski definition) is 0. The van der Waals surface area contributed by atoms with Gasteiger partial charge in [-0.2, -0.15) is 0 Å². The molecule has 8 heteroatoms. The molecule has 0 aromatic carbocycles. The average Bonchev–Trinajstić information content (AvgIpc) is 2.80. The quantitative estimate of drug-likeness (QED) is 0.616. The fourth-order valence-electron chi connectivity index (χ4n) is 2.76. The molecular formula is C14H18N4O3S. The number of imidazole rings is 1. The summed E-state index contributed by atoms with van der Waals surface area (Å²) in [5.74, 6) is 0. The van der Waals surface area contributed by atoms with E-state index in [0.29, 0.717) is 30.9 Å². The third-order valence-electron chi connectivity index (χ3n) is 3.81. The van der Waals surface area contributed by atoms with E-state index in [1.54, 1.807) is 21.4 Å². The molecule has 0 saturated carbocycles. The van der Waals surface area contributed by atoms with E-state index in [0.717, 1.165) is 12.8 Å². The highest BCUT2D eigenvalue weighted by atomic mass is 32.2. The lowest BCUT2D eigenvalue weighted by molar-refractivity contribution is 0.0694. The third-order valence-corrected chi connectivity index (χ3v) is 4.52. The van der Waals surface area contributed by atoms with Crippen molar-refractivity contribution in [2.75, 3.05) is 19.5 Å². The summed E-state index contributed by atoms with van der Waals surface area (Å²) < 4.78 is 20.3. The number of rotatable bonds is 4. The zero-order valence-electron chi connectivity index (χ0n) is 12.4. The molecule has 1 unspecified atom stereocenters. The highest BCUT2D eigenvalue weighted by Crippen LogP contribution is 2.23. The van der Waals surface area contributed by atoms with E-state index in [4.69, 9.17) is 4.74 Å². The Hall–Kier alpha value is -1.80. The fraction of sp³-hybridized carbons (Fsp3) is 0.500. The van der Waals surface area contributed by atoms with Crippen LogP contribution in [0.3, 0.4) is 0 Å². The topological polar surface area (TPSA) is 79.0 Å². The maximum Gasteiger partial charge on any atom is 0.330 e. The Kier molecular flexibility index (Phi) is 4.21. The second-order valence-electron chi connectivity index (χ2n) is 5.21. The summed E-state index contributed by atoms with van der Waals surface area (Å²) in [5, 5.41) is 0.240. The van der Waals surface area contributed by atoms with Gasteiger partial charge in [0.15, 0.2) is 5.65 Å². The molecule has 3 rings (SSSR count). The minimum Gasteiger partial charge on any atom is -0.381 e. The molecule has 118 valence electrons. The summed E-state index contributed by atoms with van der Waals surface area (Å²) in [7, 11) is -1.29. The van der Waals surface area contributed by atoms with E-state index >= 15 is 0 Å². The molecule has 7 nitrogen and oxygen atoms in total. The van der Waals surface area contributed by atoms with Crippen LogP contribution >= 0.6 is 0 Å². The van der Waals surface area contributed by atoms with Crippen molar-refractivity contribution in [2.24, 2.45) is 0 Å². The summed E-state index contributed by atoms with van der Waals surface area (Å²) in [6.45, 7) is 5.34. The van der Waals surface area contributed by atoms with Gasteiger partial charge in [-0.1, -0.05) is 6.08 Å².